The second kappa shape index (κ2) is 6.76. The van der Waals surface area contributed by atoms with Gasteiger partial charge in [-0.25, -0.2) is 0 Å². The van der Waals surface area contributed by atoms with Crippen molar-refractivity contribution in [3.63, 3.8) is 0 Å². The first-order valence-corrected chi connectivity index (χ1v) is 8.76. The number of piperidine rings is 1. The van der Waals surface area contributed by atoms with Crippen molar-refractivity contribution in [2.75, 3.05) is 18.4 Å². The fraction of sp³-hybridized carbons (Fsp3) is 0.444. The van der Waals surface area contributed by atoms with Crippen molar-refractivity contribution in [2.24, 2.45) is 0 Å². The molecule has 25 heavy (non-hydrogen) atoms. The van der Waals surface area contributed by atoms with Crippen LogP contribution in [0.1, 0.15) is 29.7 Å². The molecule has 0 bridgehead atoms. The Morgan fingerprint density at radius 1 is 1.24 bits per heavy atom. The lowest BCUT2D eigenvalue weighted by Gasteiger charge is -2.33. The molecule has 3 aromatic rings. The highest BCUT2D eigenvalue weighted by molar-refractivity contribution is 5.71. The van der Waals surface area contributed by atoms with Gasteiger partial charge in [0.05, 0.1) is 11.4 Å². The zero-order valence-electron chi connectivity index (χ0n) is 14.7. The Labute approximate surface area is 147 Å². The van der Waals surface area contributed by atoms with Crippen LogP contribution in [-0.4, -0.2) is 48.8 Å². The molecular formula is C18H23N7. The molecule has 4 heterocycles. The minimum Gasteiger partial charge on any atom is -0.379 e. The Morgan fingerprint density at radius 3 is 2.84 bits per heavy atom. The highest BCUT2D eigenvalue weighted by atomic mass is 15.3. The van der Waals surface area contributed by atoms with Crippen LogP contribution >= 0.6 is 0 Å². The van der Waals surface area contributed by atoms with E-state index in [0.29, 0.717) is 6.04 Å². The summed E-state index contributed by atoms with van der Waals surface area (Å²) in [5.41, 5.74) is 5.30. The quantitative estimate of drug-likeness (QED) is 0.787. The molecule has 1 aliphatic rings. The van der Waals surface area contributed by atoms with Crippen LogP contribution < -0.4 is 5.32 Å². The van der Waals surface area contributed by atoms with E-state index in [4.69, 9.17) is 0 Å². The van der Waals surface area contributed by atoms with Crippen LogP contribution in [0.4, 0.5) is 5.69 Å². The lowest BCUT2D eigenvalue weighted by Crippen LogP contribution is -2.38. The molecule has 0 aromatic carbocycles. The molecular weight excluding hydrogens is 314 g/mol. The molecule has 0 spiro atoms. The molecule has 1 aliphatic heterocycles. The first-order valence-electron chi connectivity index (χ1n) is 8.76. The zero-order valence-corrected chi connectivity index (χ0v) is 14.7. The number of aryl methyl sites for hydroxylation is 1. The van der Waals surface area contributed by atoms with E-state index in [0.717, 1.165) is 55.1 Å². The molecule has 0 unspecified atom stereocenters. The third kappa shape index (κ3) is 3.32. The number of hydrogen-bond donors (Lipinski definition) is 1. The predicted molar refractivity (Wildman–Crippen MR) is 96.4 cm³/mol. The number of fused-ring (bicyclic) bond motifs is 1. The minimum atomic E-state index is 0.450. The maximum Gasteiger partial charge on any atom is 0.200 e. The van der Waals surface area contributed by atoms with Crippen LogP contribution in [-0.2, 0) is 6.54 Å². The van der Waals surface area contributed by atoms with E-state index in [-0.39, 0.29) is 0 Å². The van der Waals surface area contributed by atoms with Crippen molar-refractivity contribution < 1.29 is 0 Å². The Balaban J connectivity index is 1.42. The molecule has 0 aliphatic carbocycles. The van der Waals surface area contributed by atoms with Gasteiger partial charge in [-0.3, -0.25) is 9.88 Å². The van der Waals surface area contributed by atoms with Crippen LogP contribution in [0.15, 0.2) is 30.9 Å². The Hall–Kier alpha value is -2.54. The van der Waals surface area contributed by atoms with Crippen LogP contribution in [0.3, 0.4) is 0 Å². The highest BCUT2D eigenvalue weighted by Gasteiger charge is 2.21. The van der Waals surface area contributed by atoms with Crippen molar-refractivity contribution >= 4 is 11.3 Å². The maximum absolute atomic E-state index is 4.49. The number of nitrogens with zero attached hydrogens (tertiary/aromatic N) is 6. The van der Waals surface area contributed by atoms with Crippen molar-refractivity contribution in [1.29, 1.82) is 0 Å². The van der Waals surface area contributed by atoms with Crippen molar-refractivity contribution in [3.8, 4) is 0 Å². The van der Waals surface area contributed by atoms with Gasteiger partial charge >= 0.3 is 0 Å². The number of likely N-dealkylation sites (tertiary alicyclic amines) is 1. The van der Waals surface area contributed by atoms with Gasteiger partial charge < -0.3 is 5.32 Å². The molecule has 0 saturated carbocycles. The average molecular weight is 337 g/mol. The van der Waals surface area contributed by atoms with E-state index in [1.807, 2.05) is 25.4 Å². The summed E-state index contributed by atoms with van der Waals surface area (Å²) in [4.78, 5) is 6.70. The third-order valence-corrected chi connectivity index (χ3v) is 4.99. The summed E-state index contributed by atoms with van der Waals surface area (Å²) in [6.07, 6.45) is 7.66. The Bertz CT molecular complexity index is 850. The molecule has 4 rings (SSSR count). The summed E-state index contributed by atoms with van der Waals surface area (Å²) < 4.78 is 1.75. The van der Waals surface area contributed by atoms with Gasteiger partial charge in [0, 0.05) is 38.1 Å². The van der Waals surface area contributed by atoms with Gasteiger partial charge in [0.2, 0.25) is 5.65 Å². The lowest BCUT2D eigenvalue weighted by atomic mass is 10.0. The second-order valence-electron chi connectivity index (χ2n) is 6.74. The first-order chi connectivity index (χ1) is 12.2. The van der Waals surface area contributed by atoms with Crippen molar-refractivity contribution in [3.05, 3.63) is 47.7 Å². The van der Waals surface area contributed by atoms with Gasteiger partial charge in [-0.1, -0.05) is 6.07 Å². The summed E-state index contributed by atoms with van der Waals surface area (Å²) >= 11 is 0. The number of nitrogens with one attached hydrogen (secondary N) is 1. The number of hydrogen-bond acceptors (Lipinski definition) is 6. The second-order valence-corrected chi connectivity index (χ2v) is 6.74. The van der Waals surface area contributed by atoms with Gasteiger partial charge in [-0.05, 0) is 43.9 Å². The summed E-state index contributed by atoms with van der Waals surface area (Å²) in [5, 5.41) is 16.4. The SMILES string of the molecule is Cc1nn2cnnc2c(NC2CCN(Cc3cccnc3)CC2)c1C. The fourth-order valence-electron chi connectivity index (χ4n) is 3.42. The van der Waals surface area contributed by atoms with Crippen LogP contribution in [0.25, 0.3) is 5.65 Å². The average Bonchev–Trinajstić information content (AvgIpc) is 3.09. The monoisotopic (exact) mass is 337 g/mol. The molecule has 0 radical (unpaired) electrons. The summed E-state index contributed by atoms with van der Waals surface area (Å²) in [6, 6.07) is 4.59. The number of rotatable bonds is 4. The van der Waals surface area contributed by atoms with Gasteiger partial charge in [0.1, 0.15) is 6.33 Å². The standard InChI is InChI=1S/C18H23N7/c1-13-14(2)23-25-12-20-22-18(25)17(13)21-16-5-8-24(9-6-16)11-15-4-3-7-19-10-15/h3-4,7,10,12,16,21H,5-6,8-9,11H2,1-2H3. The summed E-state index contributed by atoms with van der Waals surface area (Å²) in [5.74, 6) is 0. The molecule has 0 amide bonds. The van der Waals surface area contributed by atoms with Crippen LogP contribution in [0, 0.1) is 13.8 Å². The number of aromatic nitrogens is 5. The predicted octanol–water partition coefficient (Wildman–Crippen LogP) is 2.21. The molecule has 7 heteroatoms. The Morgan fingerprint density at radius 2 is 2.08 bits per heavy atom. The summed E-state index contributed by atoms with van der Waals surface area (Å²) in [7, 11) is 0. The molecule has 0 atom stereocenters. The molecule has 3 aromatic heterocycles. The third-order valence-electron chi connectivity index (χ3n) is 4.99. The molecule has 1 saturated heterocycles. The van der Waals surface area contributed by atoms with E-state index in [2.05, 4.69) is 43.5 Å². The van der Waals surface area contributed by atoms with Gasteiger partial charge in [-0.15, -0.1) is 10.2 Å². The van der Waals surface area contributed by atoms with Gasteiger partial charge in [0.15, 0.2) is 0 Å². The minimum absolute atomic E-state index is 0.450. The van der Waals surface area contributed by atoms with E-state index in [9.17, 15) is 0 Å². The number of pyridine rings is 1. The van der Waals surface area contributed by atoms with Crippen LogP contribution in [0.2, 0.25) is 0 Å². The molecule has 1 fully saturated rings. The van der Waals surface area contributed by atoms with E-state index < -0.39 is 0 Å². The van der Waals surface area contributed by atoms with Crippen molar-refractivity contribution in [2.45, 2.75) is 39.3 Å². The zero-order chi connectivity index (χ0) is 17.2. The largest absolute Gasteiger partial charge is 0.379 e. The highest BCUT2D eigenvalue weighted by Crippen LogP contribution is 2.25. The molecule has 1 N–H and O–H groups in total. The van der Waals surface area contributed by atoms with Crippen molar-refractivity contribution in [1.82, 2.24) is 29.7 Å². The first kappa shape index (κ1) is 16.0. The lowest BCUT2D eigenvalue weighted by molar-refractivity contribution is 0.211. The maximum atomic E-state index is 4.49. The van der Waals surface area contributed by atoms with Gasteiger partial charge in [-0.2, -0.15) is 9.61 Å². The van der Waals surface area contributed by atoms with E-state index >= 15 is 0 Å². The number of anilines is 1. The normalized spacial score (nSPS) is 16.4. The Kier molecular flexibility index (Phi) is 4.31. The van der Waals surface area contributed by atoms with Crippen LogP contribution in [0.5, 0.6) is 0 Å². The molecule has 130 valence electrons. The topological polar surface area (TPSA) is 71.2 Å². The summed E-state index contributed by atoms with van der Waals surface area (Å²) in [6.45, 7) is 7.26. The van der Waals surface area contributed by atoms with E-state index in [1.54, 1.807) is 10.8 Å². The smallest absolute Gasteiger partial charge is 0.200 e. The molecule has 7 nitrogen and oxygen atoms in total. The van der Waals surface area contributed by atoms with E-state index in [1.165, 1.54) is 5.56 Å². The van der Waals surface area contributed by atoms with Gasteiger partial charge in [0.25, 0.3) is 0 Å². The fourth-order valence-corrected chi connectivity index (χ4v) is 3.42.